The first-order valence-electron chi connectivity index (χ1n) is 10.2. The molecule has 0 heterocycles. The Labute approximate surface area is 194 Å². The van der Waals surface area contributed by atoms with E-state index in [1.165, 1.54) is 30.4 Å². The Hall–Kier alpha value is -4.66. The molecule has 5 N–H and O–H groups in total. The number of rotatable bonds is 7. The van der Waals surface area contributed by atoms with Crippen LogP contribution in [0.3, 0.4) is 0 Å². The number of amides is 3. The molecule has 0 bridgehead atoms. The van der Waals surface area contributed by atoms with Crippen LogP contribution in [0.4, 0.5) is 20.6 Å². The van der Waals surface area contributed by atoms with Crippen LogP contribution in [0.15, 0.2) is 84.9 Å². The maximum Gasteiger partial charge on any atom is 0.414 e. The Bertz CT molecular complexity index is 1210. The van der Waals surface area contributed by atoms with Crippen molar-refractivity contribution < 1.29 is 28.6 Å². The number of phenolic OH excluding ortho intramolecular Hbond substituents is 1. The molecule has 3 amide bonds. The summed E-state index contributed by atoms with van der Waals surface area (Å²) < 4.78 is 19.2. The number of para-hydroxylation sites is 2. The molecule has 1 atom stereocenters. The Morgan fingerprint density at radius 2 is 1.74 bits per heavy atom. The number of nitrogen functional groups attached to an aromatic ring is 1. The van der Waals surface area contributed by atoms with Gasteiger partial charge in [-0.25, -0.2) is 9.18 Å². The monoisotopic (exact) mass is 463 g/mol. The first kappa shape index (κ1) is 24.0. The number of aromatic hydroxyl groups is 1. The van der Waals surface area contributed by atoms with Crippen LogP contribution < -0.4 is 16.4 Å². The quantitative estimate of drug-likeness (QED) is 0.305. The van der Waals surface area contributed by atoms with Crippen molar-refractivity contribution >= 4 is 29.3 Å². The van der Waals surface area contributed by atoms with Gasteiger partial charge < -0.3 is 20.9 Å². The van der Waals surface area contributed by atoms with Crippen LogP contribution in [0.2, 0.25) is 0 Å². The van der Waals surface area contributed by atoms with Crippen molar-refractivity contribution in [1.82, 2.24) is 5.32 Å². The molecule has 0 aliphatic carbocycles. The molecular weight excluding hydrogens is 441 g/mol. The molecule has 9 heteroatoms. The first-order valence-corrected chi connectivity index (χ1v) is 10.2. The zero-order valence-corrected chi connectivity index (χ0v) is 17.9. The second kappa shape index (κ2) is 11.3. The van der Waals surface area contributed by atoms with Crippen LogP contribution in [0, 0.1) is 5.82 Å². The summed E-state index contributed by atoms with van der Waals surface area (Å²) in [5.74, 6) is -2.62. The molecule has 0 radical (unpaired) electrons. The van der Waals surface area contributed by atoms with Crippen LogP contribution in [-0.4, -0.2) is 23.0 Å². The normalized spacial score (nSPS) is 11.6. The van der Waals surface area contributed by atoms with E-state index in [9.17, 15) is 23.9 Å². The molecule has 0 saturated carbocycles. The summed E-state index contributed by atoms with van der Waals surface area (Å²) in [6, 6.07) is 18.3. The number of ether oxygens (including phenoxy) is 1. The summed E-state index contributed by atoms with van der Waals surface area (Å²) >= 11 is 0. The molecule has 0 aliphatic heterocycles. The van der Waals surface area contributed by atoms with Crippen LogP contribution in [0.1, 0.15) is 28.4 Å². The highest BCUT2D eigenvalue weighted by molar-refractivity contribution is 6.03. The van der Waals surface area contributed by atoms with E-state index in [1.54, 1.807) is 42.5 Å². The van der Waals surface area contributed by atoms with E-state index >= 15 is 0 Å². The zero-order valence-electron chi connectivity index (χ0n) is 17.9. The fraction of sp³-hybridized carbons (Fsp3) is 0.0800. The number of hydrogen-bond acceptors (Lipinski definition) is 6. The first-order chi connectivity index (χ1) is 16.3. The fourth-order valence-corrected chi connectivity index (χ4v) is 2.97. The minimum Gasteiger partial charge on any atom is -0.505 e. The number of nitrogens with one attached hydrogen (secondary N) is 2. The van der Waals surface area contributed by atoms with E-state index in [0.717, 1.165) is 12.1 Å². The maximum atomic E-state index is 13.9. The molecule has 0 aromatic heterocycles. The number of carbonyl (C=O) groups excluding carboxylic acids is 3. The summed E-state index contributed by atoms with van der Waals surface area (Å²) in [7, 11) is 0. The number of nitrogens with two attached hydrogens (primary N) is 1. The number of phenols is 1. The highest BCUT2D eigenvalue weighted by atomic mass is 19.1. The summed E-state index contributed by atoms with van der Waals surface area (Å²) in [4.78, 5) is 36.7. The van der Waals surface area contributed by atoms with Gasteiger partial charge in [-0.05, 0) is 48.0 Å². The Morgan fingerprint density at radius 1 is 1.03 bits per heavy atom. The van der Waals surface area contributed by atoms with Gasteiger partial charge in [0.25, 0.3) is 5.91 Å². The number of halogens is 1. The maximum absolute atomic E-state index is 13.9. The molecule has 34 heavy (non-hydrogen) atoms. The molecular formula is C25H22FN3O5. The second-order valence-electron chi connectivity index (χ2n) is 7.14. The lowest BCUT2D eigenvalue weighted by Crippen LogP contribution is -2.32. The van der Waals surface area contributed by atoms with Crippen LogP contribution in [-0.2, 0) is 9.53 Å². The minimum atomic E-state index is -1.05. The molecule has 3 aromatic rings. The SMILES string of the molecule is Nc1ccccc1NC(=O)/C=C/C[C@@H](OC(=O)NC(=O)c1ccccc1)c1ccc(O)c(F)c1. The summed E-state index contributed by atoms with van der Waals surface area (Å²) in [5.41, 5.74) is 7.10. The van der Waals surface area contributed by atoms with E-state index in [-0.39, 0.29) is 17.5 Å². The zero-order chi connectivity index (χ0) is 24.5. The topological polar surface area (TPSA) is 131 Å². The highest BCUT2D eigenvalue weighted by Crippen LogP contribution is 2.26. The van der Waals surface area contributed by atoms with E-state index in [0.29, 0.717) is 11.4 Å². The third-order valence-corrected chi connectivity index (χ3v) is 4.68. The number of imide groups is 1. The Morgan fingerprint density at radius 3 is 2.44 bits per heavy atom. The minimum absolute atomic E-state index is 0.0190. The van der Waals surface area contributed by atoms with Crippen molar-refractivity contribution in [1.29, 1.82) is 0 Å². The van der Waals surface area contributed by atoms with Crippen molar-refractivity contribution in [3.8, 4) is 5.75 Å². The number of hydrogen-bond donors (Lipinski definition) is 4. The van der Waals surface area contributed by atoms with Crippen LogP contribution in [0.5, 0.6) is 5.75 Å². The van der Waals surface area contributed by atoms with Gasteiger partial charge in [0.05, 0.1) is 11.4 Å². The molecule has 0 spiro atoms. The summed E-state index contributed by atoms with van der Waals surface area (Å²) in [5, 5.41) is 14.2. The van der Waals surface area contributed by atoms with Gasteiger partial charge in [0.2, 0.25) is 5.91 Å². The predicted octanol–water partition coefficient (Wildman–Crippen LogP) is 4.31. The highest BCUT2D eigenvalue weighted by Gasteiger charge is 2.19. The van der Waals surface area contributed by atoms with Crippen molar-refractivity contribution in [3.63, 3.8) is 0 Å². The van der Waals surface area contributed by atoms with E-state index in [2.05, 4.69) is 10.6 Å². The lowest BCUT2D eigenvalue weighted by atomic mass is 10.1. The third-order valence-electron chi connectivity index (χ3n) is 4.68. The molecule has 0 fully saturated rings. The molecule has 3 aromatic carbocycles. The van der Waals surface area contributed by atoms with Crippen molar-refractivity contribution in [2.45, 2.75) is 12.5 Å². The average molecular weight is 463 g/mol. The molecule has 3 rings (SSSR count). The van der Waals surface area contributed by atoms with Crippen molar-refractivity contribution in [2.75, 3.05) is 11.1 Å². The van der Waals surface area contributed by atoms with E-state index < -0.39 is 35.6 Å². The molecule has 0 aliphatic rings. The molecule has 174 valence electrons. The molecule has 0 unspecified atom stereocenters. The number of alkyl carbamates (subject to hydrolysis) is 1. The number of carbonyl (C=O) groups is 3. The Kier molecular flexibility index (Phi) is 7.96. The average Bonchev–Trinajstić information content (AvgIpc) is 2.82. The molecule has 0 saturated heterocycles. The number of anilines is 2. The number of benzene rings is 3. The summed E-state index contributed by atoms with van der Waals surface area (Å²) in [6.45, 7) is 0. The van der Waals surface area contributed by atoms with Gasteiger partial charge in [-0.15, -0.1) is 0 Å². The van der Waals surface area contributed by atoms with Gasteiger partial charge in [-0.2, -0.15) is 0 Å². The third kappa shape index (κ3) is 6.67. The van der Waals surface area contributed by atoms with Gasteiger partial charge in [-0.1, -0.05) is 42.5 Å². The van der Waals surface area contributed by atoms with Crippen LogP contribution in [0.25, 0.3) is 0 Å². The van der Waals surface area contributed by atoms with Gasteiger partial charge in [0.1, 0.15) is 6.10 Å². The van der Waals surface area contributed by atoms with E-state index in [1.807, 2.05) is 0 Å². The Balaban J connectivity index is 1.69. The second-order valence-corrected chi connectivity index (χ2v) is 7.14. The van der Waals surface area contributed by atoms with Gasteiger partial charge in [-0.3, -0.25) is 14.9 Å². The fourth-order valence-electron chi connectivity index (χ4n) is 2.97. The predicted molar refractivity (Wildman–Crippen MR) is 124 cm³/mol. The smallest absolute Gasteiger partial charge is 0.414 e. The van der Waals surface area contributed by atoms with Gasteiger partial charge in [0.15, 0.2) is 11.6 Å². The summed E-state index contributed by atoms with van der Waals surface area (Å²) in [6.07, 6.45) is 0.518. The lowest BCUT2D eigenvalue weighted by Gasteiger charge is -2.17. The lowest BCUT2D eigenvalue weighted by molar-refractivity contribution is -0.111. The standard InChI is InChI=1S/C25H22FN3O5/c26-18-15-17(13-14-21(18)30)22(34-25(33)29-24(32)16-7-2-1-3-8-16)11-6-12-23(31)28-20-10-5-4-9-19(20)27/h1-10,12-15,22,30H,11,27H2,(H,28,31)(H,29,32,33)/b12-6+/t22-/m1/s1. The van der Waals surface area contributed by atoms with Gasteiger partial charge in [0, 0.05) is 12.0 Å². The molecule has 8 nitrogen and oxygen atoms in total. The van der Waals surface area contributed by atoms with Crippen molar-refractivity contribution in [2.24, 2.45) is 0 Å². The van der Waals surface area contributed by atoms with Crippen LogP contribution >= 0.6 is 0 Å². The largest absolute Gasteiger partial charge is 0.505 e. The van der Waals surface area contributed by atoms with E-state index in [4.69, 9.17) is 10.5 Å². The van der Waals surface area contributed by atoms with Gasteiger partial charge >= 0.3 is 6.09 Å². The van der Waals surface area contributed by atoms with Crippen molar-refractivity contribution in [3.05, 3.63) is 102 Å².